The second-order valence-electron chi connectivity index (χ2n) is 3.96. The van der Waals surface area contributed by atoms with Gasteiger partial charge in [0, 0.05) is 14.1 Å². The summed E-state index contributed by atoms with van der Waals surface area (Å²) in [6.07, 6.45) is 1.40. The largest absolute Gasteiger partial charge is 0.481 e. The van der Waals surface area contributed by atoms with Gasteiger partial charge in [-0.3, -0.25) is 4.79 Å². The summed E-state index contributed by atoms with van der Waals surface area (Å²) in [4.78, 5) is 21.3. The minimum Gasteiger partial charge on any atom is -0.481 e. The monoisotopic (exact) mass is 238 g/mol. The summed E-state index contributed by atoms with van der Waals surface area (Å²) in [6, 6.07) is -0.344. The van der Waals surface area contributed by atoms with Crippen LogP contribution in [0.4, 0.5) is 5.82 Å². The lowest BCUT2D eigenvalue weighted by atomic mass is 10.2. The van der Waals surface area contributed by atoms with Crippen molar-refractivity contribution >= 4 is 11.7 Å². The molecule has 1 amide bonds. The number of ether oxygens (including phenoxy) is 1. The number of carbonyl (C=O) groups is 1. The summed E-state index contributed by atoms with van der Waals surface area (Å²) >= 11 is 0. The number of anilines is 1. The van der Waals surface area contributed by atoms with E-state index in [4.69, 9.17) is 4.74 Å². The first kappa shape index (κ1) is 13.2. The molecule has 0 saturated heterocycles. The van der Waals surface area contributed by atoms with Gasteiger partial charge in [-0.25, -0.2) is 9.97 Å². The van der Waals surface area contributed by atoms with Crippen LogP contribution >= 0.6 is 0 Å². The highest BCUT2D eigenvalue weighted by atomic mass is 16.5. The van der Waals surface area contributed by atoms with Gasteiger partial charge in [-0.05, 0) is 13.8 Å². The van der Waals surface area contributed by atoms with Crippen molar-refractivity contribution in [3.8, 4) is 5.88 Å². The van der Waals surface area contributed by atoms with Crippen LogP contribution < -0.4 is 10.1 Å². The van der Waals surface area contributed by atoms with E-state index in [1.165, 1.54) is 11.2 Å². The summed E-state index contributed by atoms with van der Waals surface area (Å²) < 4.78 is 5.09. The summed E-state index contributed by atoms with van der Waals surface area (Å²) in [5, 5.41) is 3.04. The summed E-state index contributed by atoms with van der Waals surface area (Å²) in [6.45, 7) is 3.63. The number of methoxy groups -OCH3 is 1. The maximum atomic E-state index is 11.7. The van der Waals surface area contributed by atoms with Crippen molar-refractivity contribution in [2.45, 2.75) is 19.9 Å². The van der Waals surface area contributed by atoms with Crippen LogP contribution in [0.2, 0.25) is 0 Å². The smallest absolute Gasteiger partial charge is 0.244 e. The third-order valence-corrected chi connectivity index (χ3v) is 2.40. The van der Waals surface area contributed by atoms with Gasteiger partial charge in [0.15, 0.2) is 0 Å². The van der Waals surface area contributed by atoms with Gasteiger partial charge < -0.3 is 15.0 Å². The van der Waals surface area contributed by atoms with E-state index in [2.05, 4.69) is 15.3 Å². The van der Waals surface area contributed by atoms with Gasteiger partial charge in [0.25, 0.3) is 0 Å². The fourth-order valence-corrected chi connectivity index (χ4v) is 1.44. The van der Waals surface area contributed by atoms with Crippen LogP contribution in [0.3, 0.4) is 0 Å². The standard InChI is InChI=1S/C11H18N4O2/c1-7-9(12-6-13-10(7)17-5)14-8(2)11(16)15(3)4/h6,8H,1-5H3,(H,12,13,14). The van der Waals surface area contributed by atoms with E-state index in [1.54, 1.807) is 28.1 Å². The Hall–Kier alpha value is -1.85. The predicted octanol–water partition coefficient (Wildman–Crippen LogP) is 0.682. The number of hydrogen-bond acceptors (Lipinski definition) is 5. The molecule has 17 heavy (non-hydrogen) atoms. The van der Waals surface area contributed by atoms with E-state index in [0.717, 1.165) is 5.56 Å². The topological polar surface area (TPSA) is 67.4 Å². The molecule has 1 aromatic rings. The highest BCUT2D eigenvalue weighted by Crippen LogP contribution is 2.20. The molecular formula is C11H18N4O2. The van der Waals surface area contributed by atoms with Gasteiger partial charge in [0.05, 0.1) is 12.7 Å². The van der Waals surface area contributed by atoms with Crippen LogP contribution in [0.15, 0.2) is 6.33 Å². The molecule has 0 saturated carbocycles. The first-order valence-corrected chi connectivity index (χ1v) is 5.30. The summed E-state index contributed by atoms with van der Waals surface area (Å²) in [5.74, 6) is 1.11. The van der Waals surface area contributed by atoms with Crippen molar-refractivity contribution in [2.24, 2.45) is 0 Å². The SMILES string of the molecule is COc1ncnc(NC(C)C(=O)N(C)C)c1C. The molecule has 0 aliphatic carbocycles. The molecule has 6 nitrogen and oxygen atoms in total. The van der Waals surface area contributed by atoms with Gasteiger partial charge in [0.2, 0.25) is 11.8 Å². The van der Waals surface area contributed by atoms with Crippen molar-refractivity contribution in [3.05, 3.63) is 11.9 Å². The van der Waals surface area contributed by atoms with Crippen LogP contribution in [0.25, 0.3) is 0 Å². The molecule has 6 heteroatoms. The highest BCUT2D eigenvalue weighted by molar-refractivity contribution is 5.83. The Morgan fingerprint density at radius 3 is 2.65 bits per heavy atom. The van der Waals surface area contributed by atoms with E-state index < -0.39 is 0 Å². The van der Waals surface area contributed by atoms with Gasteiger partial charge in [-0.2, -0.15) is 0 Å². The van der Waals surface area contributed by atoms with Gasteiger partial charge in [0.1, 0.15) is 18.2 Å². The molecule has 1 N–H and O–H groups in total. The van der Waals surface area contributed by atoms with Gasteiger partial charge >= 0.3 is 0 Å². The van der Waals surface area contributed by atoms with Crippen LogP contribution in [0.5, 0.6) is 5.88 Å². The normalized spacial score (nSPS) is 11.8. The van der Waals surface area contributed by atoms with Crippen molar-refractivity contribution in [2.75, 3.05) is 26.5 Å². The Labute approximate surface area is 101 Å². The molecule has 0 aliphatic heterocycles. The molecule has 0 bridgehead atoms. The fourth-order valence-electron chi connectivity index (χ4n) is 1.44. The third-order valence-electron chi connectivity index (χ3n) is 2.40. The molecular weight excluding hydrogens is 220 g/mol. The Morgan fingerprint density at radius 2 is 2.12 bits per heavy atom. The maximum Gasteiger partial charge on any atom is 0.244 e. The number of amides is 1. The predicted molar refractivity (Wildman–Crippen MR) is 65.1 cm³/mol. The van der Waals surface area contributed by atoms with E-state index in [1.807, 2.05) is 6.92 Å². The second kappa shape index (κ2) is 5.47. The number of nitrogens with one attached hydrogen (secondary N) is 1. The fraction of sp³-hybridized carbons (Fsp3) is 0.545. The lowest BCUT2D eigenvalue weighted by Crippen LogP contribution is -2.37. The summed E-state index contributed by atoms with van der Waals surface area (Å²) in [5.41, 5.74) is 0.786. The van der Waals surface area contributed by atoms with Crippen molar-refractivity contribution in [1.29, 1.82) is 0 Å². The lowest BCUT2D eigenvalue weighted by molar-refractivity contribution is -0.129. The highest BCUT2D eigenvalue weighted by Gasteiger charge is 2.17. The molecule has 1 aromatic heterocycles. The third kappa shape index (κ3) is 3.05. The molecule has 0 aromatic carbocycles. The van der Waals surface area contributed by atoms with E-state index in [0.29, 0.717) is 11.7 Å². The number of hydrogen-bond donors (Lipinski definition) is 1. The van der Waals surface area contributed by atoms with Crippen molar-refractivity contribution in [3.63, 3.8) is 0 Å². The van der Waals surface area contributed by atoms with Crippen molar-refractivity contribution in [1.82, 2.24) is 14.9 Å². The van der Waals surface area contributed by atoms with Crippen LogP contribution in [-0.4, -0.2) is 48.0 Å². The number of nitrogens with zero attached hydrogens (tertiary/aromatic N) is 3. The molecule has 94 valence electrons. The number of rotatable bonds is 4. The first-order chi connectivity index (χ1) is 7.97. The Kier molecular flexibility index (Phi) is 4.25. The van der Waals surface area contributed by atoms with Crippen LogP contribution in [0.1, 0.15) is 12.5 Å². The zero-order valence-corrected chi connectivity index (χ0v) is 10.8. The summed E-state index contributed by atoms with van der Waals surface area (Å²) in [7, 11) is 4.98. The van der Waals surface area contributed by atoms with Crippen molar-refractivity contribution < 1.29 is 9.53 Å². The van der Waals surface area contributed by atoms with Crippen LogP contribution in [0, 0.1) is 6.92 Å². The first-order valence-electron chi connectivity index (χ1n) is 5.30. The quantitative estimate of drug-likeness (QED) is 0.835. The molecule has 1 unspecified atom stereocenters. The molecule has 1 rings (SSSR count). The zero-order chi connectivity index (χ0) is 13.0. The molecule has 0 spiro atoms. The zero-order valence-electron chi connectivity index (χ0n) is 10.8. The Morgan fingerprint density at radius 1 is 1.47 bits per heavy atom. The average Bonchev–Trinajstić information content (AvgIpc) is 2.30. The maximum absolute atomic E-state index is 11.7. The number of likely N-dealkylation sites (N-methyl/N-ethyl adjacent to an activating group) is 1. The number of carbonyl (C=O) groups excluding carboxylic acids is 1. The number of aromatic nitrogens is 2. The van der Waals surface area contributed by atoms with E-state index in [9.17, 15) is 4.79 Å². The minimum atomic E-state index is -0.344. The molecule has 0 fully saturated rings. The van der Waals surface area contributed by atoms with E-state index in [-0.39, 0.29) is 11.9 Å². The average molecular weight is 238 g/mol. The Balaban J connectivity index is 2.85. The molecule has 0 radical (unpaired) electrons. The Bertz CT molecular complexity index is 406. The molecule has 1 atom stereocenters. The van der Waals surface area contributed by atoms with Crippen LogP contribution in [-0.2, 0) is 4.79 Å². The van der Waals surface area contributed by atoms with E-state index >= 15 is 0 Å². The lowest BCUT2D eigenvalue weighted by Gasteiger charge is -2.19. The van der Waals surface area contributed by atoms with Gasteiger partial charge in [-0.1, -0.05) is 0 Å². The van der Waals surface area contributed by atoms with Gasteiger partial charge in [-0.15, -0.1) is 0 Å². The molecule has 0 aliphatic rings. The molecule has 1 heterocycles. The second-order valence-corrected chi connectivity index (χ2v) is 3.96. The minimum absolute atomic E-state index is 0.0121.